The van der Waals surface area contributed by atoms with Crippen molar-refractivity contribution >= 4 is 11.8 Å². The lowest BCUT2D eigenvalue weighted by Crippen LogP contribution is -2.40. The van der Waals surface area contributed by atoms with Gasteiger partial charge < -0.3 is 20.4 Å². The molecule has 12 heteroatoms. The van der Waals surface area contributed by atoms with Gasteiger partial charge in [-0.1, -0.05) is 143 Å². The maximum Gasteiger partial charge on any atom is 0.225 e. The van der Waals surface area contributed by atoms with Gasteiger partial charge in [-0.25, -0.2) is 0 Å². The zero-order chi connectivity index (χ0) is 47.0. The first-order valence-corrected chi connectivity index (χ1v) is 23.9. The molecular weight excluding hydrogens is 761 g/mol. The zero-order valence-corrected chi connectivity index (χ0v) is 42.8. The lowest BCUT2D eigenvalue weighted by molar-refractivity contribution is -0.131. The minimum absolute atomic E-state index is 0.101. The van der Waals surface area contributed by atoms with Crippen LogP contribution in [-0.4, -0.2) is 106 Å². The fourth-order valence-corrected chi connectivity index (χ4v) is 5.54. The molecule has 0 aliphatic rings. The van der Waals surface area contributed by atoms with E-state index in [0.717, 1.165) is 71.4 Å². The fourth-order valence-electron chi connectivity index (χ4n) is 5.54. The number of nitrogens with one attached hydrogen (secondary N) is 2. The van der Waals surface area contributed by atoms with Gasteiger partial charge in [0.2, 0.25) is 11.8 Å². The molecule has 2 rings (SSSR count). The Hall–Kier alpha value is -3.12. The van der Waals surface area contributed by atoms with Gasteiger partial charge in [0.25, 0.3) is 0 Å². The predicted octanol–water partition coefficient (Wildman–Crippen LogP) is 10.9. The second-order valence-corrected chi connectivity index (χ2v) is 19.1. The second kappa shape index (κ2) is 40.9. The largest absolute Gasteiger partial charge is 0.356 e. The number of allylic oxidation sites excluding steroid dienone is 1. The summed E-state index contributed by atoms with van der Waals surface area (Å²) >= 11 is 0. The molecule has 1 unspecified atom stereocenters. The van der Waals surface area contributed by atoms with E-state index >= 15 is 0 Å². The van der Waals surface area contributed by atoms with Gasteiger partial charge in [-0.15, -0.1) is 16.8 Å². The molecule has 0 fully saturated rings. The van der Waals surface area contributed by atoms with Crippen molar-refractivity contribution < 1.29 is 9.59 Å². The number of rotatable bonds is 27. The van der Waals surface area contributed by atoms with E-state index in [9.17, 15) is 9.59 Å². The third kappa shape index (κ3) is 46.2. The highest BCUT2D eigenvalue weighted by Gasteiger charge is 2.32. The highest BCUT2D eigenvalue weighted by molar-refractivity contribution is 5.82. The quantitative estimate of drug-likeness (QED) is 0.0672. The second-order valence-electron chi connectivity index (χ2n) is 19.1. The van der Waals surface area contributed by atoms with Crippen LogP contribution >= 0.6 is 0 Å². The summed E-state index contributed by atoms with van der Waals surface area (Å²) < 4.78 is 3.81. The summed E-state index contributed by atoms with van der Waals surface area (Å²) in [4.78, 5) is 27.7. The Labute approximate surface area is 377 Å². The SMILES string of the molecule is C=C(C)C.CC(C)C(=O)NCCCN(C)C.CCC(C)(CCC(C)(C)C)C(=O)NCCCN(C)C.CCCCCCCCn1ccnn1.CCCCCCCCn1ccnn1. The van der Waals surface area contributed by atoms with Crippen molar-refractivity contribution in [2.75, 3.05) is 54.4 Å². The van der Waals surface area contributed by atoms with E-state index in [-0.39, 0.29) is 23.1 Å². The Bertz CT molecular complexity index is 1190. The van der Waals surface area contributed by atoms with E-state index in [0.29, 0.717) is 5.41 Å². The predicted molar refractivity (Wildman–Crippen MR) is 262 cm³/mol. The van der Waals surface area contributed by atoms with Crippen molar-refractivity contribution in [3.63, 3.8) is 0 Å². The smallest absolute Gasteiger partial charge is 0.225 e. The van der Waals surface area contributed by atoms with Crippen LogP contribution in [0.3, 0.4) is 0 Å². The summed E-state index contributed by atoms with van der Waals surface area (Å²) in [6, 6.07) is 0. The first-order valence-electron chi connectivity index (χ1n) is 23.9. The molecule has 61 heavy (non-hydrogen) atoms. The minimum Gasteiger partial charge on any atom is -0.356 e. The topological polar surface area (TPSA) is 126 Å². The minimum atomic E-state index is -0.217. The number of carbonyl (C=O) groups excluding carboxylic acids is 2. The molecule has 2 aromatic heterocycles. The molecule has 0 bridgehead atoms. The van der Waals surface area contributed by atoms with Gasteiger partial charge in [-0.3, -0.25) is 19.0 Å². The lowest BCUT2D eigenvalue weighted by atomic mass is 9.76. The highest BCUT2D eigenvalue weighted by Crippen LogP contribution is 2.33. The average Bonchev–Trinajstić information content (AvgIpc) is 3.92. The summed E-state index contributed by atoms with van der Waals surface area (Å²) in [5.74, 6) is 0.469. The van der Waals surface area contributed by atoms with Crippen molar-refractivity contribution in [3.8, 4) is 0 Å². The Morgan fingerprint density at radius 1 is 0.639 bits per heavy atom. The number of nitrogens with zero attached hydrogens (tertiary/aromatic N) is 8. The third-order valence-electron chi connectivity index (χ3n) is 9.85. The number of aromatic nitrogens is 6. The standard InChI is InChI=1S/C16H34N2O.2C10H19N3.C9H20N2O.C4H8/c1-8-16(5,11-10-15(2,3)4)14(19)17-12-9-13-18(6)7;2*1-2-3-4-5-6-7-9-13-10-8-11-12-13;1-8(2)9(12)10-6-5-7-11(3)4;1-4(2)3/h8-13H2,1-7H3,(H,17,19);2*8,10H,2-7,9H2,1H3;8H,5-7H2,1-4H3,(H,10,12);1H2,2-3H3. The van der Waals surface area contributed by atoms with Gasteiger partial charge in [0.15, 0.2) is 0 Å². The van der Waals surface area contributed by atoms with Crippen LogP contribution in [0.4, 0.5) is 0 Å². The maximum absolute atomic E-state index is 12.3. The number of carbonyl (C=O) groups is 2. The van der Waals surface area contributed by atoms with Crippen molar-refractivity contribution in [3.05, 3.63) is 36.9 Å². The van der Waals surface area contributed by atoms with Gasteiger partial charge >= 0.3 is 0 Å². The Morgan fingerprint density at radius 2 is 1.03 bits per heavy atom. The monoisotopic (exact) mass is 861 g/mol. The molecule has 0 aromatic carbocycles. The average molecular weight is 861 g/mol. The molecule has 0 aliphatic carbocycles. The van der Waals surface area contributed by atoms with E-state index in [1.807, 2.05) is 63.5 Å². The van der Waals surface area contributed by atoms with E-state index in [1.165, 1.54) is 82.6 Å². The first kappa shape index (κ1) is 62.2. The molecule has 2 aromatic rings. The Kier molecular flexibility index (Phi) is 41.7. The summed E-state index contributed by atoms with van der Waals surface area (Å²) in [6.45, 7) is 32.4. The number of hydrogen-bond acceptors (Lipinski definition) is 8. The molecule has 2 N–H and O–H groups in total. The van der Waals surface area contributed by atoms with Gasteiger partial charge in [-0.05, 0) is 105 Å². The summed E-state index contributed by atoms with van der Waals surface area (Å²) in [6.07, 6.45) is 28.3. The highest BCUT2D eigenvalue weighted by atomic mass is 16.2. The van der Waals surface area contributed by atoms with Crippen LogP contribution in [0.2, 0.25) is 0 Å². The Morgan fingerprint density at radius 3 is 1.36 bits per heavy atom. The summed E-state index contributed by atoms with van der Waals surface area (Å²) in [5, 5.41) is 21.3. The van der Waals surface area contributed by atoms with Crippen molar-refractivity contribution in [2.24, 2.45) is 16.7 Å². The lowest BCUT2D eigenvalue weighted by Gasteiger charge is -2.30. The van der Waals surface area contributed by atoms with E-state index < -0.39 is 0 Å². The fraction of sp³-hybridized carbons (Fsp3) is 0.837. The molecule has 2 amide bonds. The van der Waals surface area contributed by atoms with E-state index in [2.05, 4.69) is 110 Å². The van der Waals surface area contributed by atoms with Crippen LogP contribution in [0, 0.1) is 16.7 Å². The van der Waals surface area contributed by atoms with Gasteiger partial charge in [0.1, 0.15) is 0 Å². The molecule has 12 nitrogen and oxygen atoms in total. The molecule has 0 saturated carbocycles. The van der Waals surface area contributed by atoms with Crippen molar-refractivity contribution in [2.45, 2.75) is 198 Å². The van der Waals surface area contributed by atoms with Gasteiger partial charge in [0.05, 0.1) is 12.4 Å². The van der Waals surface area contributed by atoms with Crippen LogP contribution in [0.5, 0.6) is 0 Å². The van der Waals surface area contributed by atoms with E-state index in [4.69, 9.17) is 0 Å². The molecular formula is C49H100N10O2. The number of aryl methyl sites for hydroxylation is 2. The van der Waals surface area contributed by atoms with Gasteiger partial charge in [0, 0.05) is 49.9 Å². The summed E-state index contributed by atoms with van der Waals surface area (Å²) in [7, 11) is 8.18. The number of unbranched alkanes of at least 4 members (excludes halogenated alkanes) is 10. The summed E-state index contributed by atoms with van der Waals surface area (Å²) in [5.41, 5.74) is 1.24. The first-order chi connectivity index (χ1) is 28.7. The van der Waals surface area contributed by atoms with Crippen molar-refractivity contribution in [1.29, 1.82) is 0 Å². The van der Waals surface area contributed by atoms with Crippen molar-refractivity contribution in [1.82, 2.24) is 50.4 Å². The van der Waals surface area contributed by atoms with Crippen LogP contribution in [0.15, 0.2) is 36.9 Å². The van der Waals surface area contributed by atoms with Crippen LogP contribution in [-0.2, 0) is 22.7 Å². The van der Waals surface area contributed by atoms with E-state index in [1.54, 1.807) is 12.4 Å². The molecule has 2 heterocycles. The molecule has 0 radical (unpaired) electrons. The Balaban J connectivity index is -0.000000723. The molecule has 0 saturated heterocycles. The van der Waals surface area contributed by atoms with Crippen LogP contribution in [0.25, 0.3) is 0 Å². The normalized spacial score (nSPS) is 11.8. The van der Waals surface area contributed by atoms with Crippen LogP contribution in [0.1, 0.15) is 185 Å². The molecule has 0 spiro atoms. The van der Waals surface area contributed by atoms with Crippen LogP contribution < -0.4 is 10.6 Å². The third-order valence-corrected chi connectivity index (χ3v) is 9.85. The molecule has 1 atom stereocenters. The molecule has 358 valence electrons. The maximum atomic E-state index is 12.3. The number of amides is 2. The molecule has 0 aliphatic heterocycles. The van der Waals surface area contributed by atoms with Gasteiger partial charge in [-0.2, -0.15) is 0 Å². The number of hydrogen-bond donors (Lipinski definition) is 2. The zero-order valence-electron chi connectivity index (χ0n) is 42.8.